The van der Waals surface area contributed by atoms with Crippen LogP contribution in [0, 0.1) is 0 Å². The lowest BCUT2D eigenvalue weighted by Gasteiger charge is -2.36. The Morgan fingerprint density at radius 3 is 2.45 bits per heavy atom. The van der Waals surface area contributed by atoms with E-state index in [9.17, 15) is 4.79 Å². The van der Waals surface area contributed by atoms with Crippen LogP contribution in [-0.2, 0) is 9.53 Å². The largest absolute Gasteiger partial charge is 0.497 e. The Hall–Kier alpha value is -2.77. The number of nitrogens with zero attached hydrogens (tertiary/aromatic N) is 2. The molecule has 2 aromatic rings. The van der Waals surface area contributed by atoms with Crippen LogP contribution in [0.25, 0.3) is 0 Å². The van der Waals surface area contributed by atoms with Crippen LogP contribution in [0.1, 0.15) is 38.3 Å². The van der Waals surface area contributed by atoms with Crippen LogP contribution in [0.5, 0.6) is 11.5 Å². The minimum atomic E-state index is -0.00914. The fourth-order valence-electron chi connectivity index (χ4n) is 5.00. The summed E-state index contributed by atoms with van der Waals surface area (Å²) in [5.74, 6) is 1.62. The van der Waals surface area contributed by atoms with Crippen molar-refractivity contribution in [2.24, 2.45) is 0 Å². The SMILES string of the molecule is COc1ccc(OC)c(C2CCCN2CC(=O)Nc2ccc(N3CC(C)OC(C)C3)cc2)c1. The molecule has 2 aromatic carbocycles. The lowest BCUT2D eigenvalue weighted by atomic mass is 10.0. The van der Waals surface area contributed by atoms with Gasteiger partial charge in [-0.3, -0.25) is 9.69 Å². The van der Waals surface area contributed by atoms with Crippen LogP contribution in [0.3, 0.4) is 0 Å². The van der Waals surface area contributed by atoms with Gasteiger partial charge >= 0.3 is 0 Å². The highest BCUT2D eigenvalue weighted by Gasteiger charge is 2.30. The van der Waals surface area contributed by atoms with Gasteiger partial charge in [-0.05, 0) is 75.7 Å². The Balaban J connectivity index is 1.38. The third-order valence-electron chi connectivity index (χ3n) is 6.44. The molecule has 0 saturated carbocycles. The standard InChI is InChI=1S/C26H35N3O4/c1-18-15-29(16-19(2)33-18)21-9-7-20(8-10-21)27-26(30)17-28-13-5-6-24(28)23-14-22(31-3)11-12-25(23)32-4/h7-12,14,18-19,24H,5-6,13,15-17H2,1-4H3,(H,27,30). The van der Waals surface area contributed by atoms with E-state index in [1.54, 1.807) is 14.2 Å². The molecule has 4 rings (SSSR count). The summed E-state index contributed by atoms with van der Waals surface area (Å²) in [6.07, 6.45) is 2.46. The summed E-state index contributed by atoms with van der Waals surface area (Å²) in [6, 6.07) is 14.1. The van der Waals surface area contributed by atoms with E-state index < -0.39 is 0 Å². The van der Waals surface area contributed by atoms with E-state index in [4.69, 9.17) is 14.2 Å². The topological polar surface area (TPSA) is 63.3 Å². The molecule has 0 aliphatic carbocycles. The van der Waals surface area contributed by atoms with Gasteiger partial charge in [0, 0.05) is 36.1 Å². The molecule has 1 amide bonds. The third kappa shape index (κ3) is 5.60. The first-order chi connectivity index (χ1) is 16.0. The Morgan fingerprint density at radius 1 is 1.06 bits per heavy atom. The first kappa shape index (κ1) is 23.4. The lowest BCUT2D eigenvalue weighted by Crippen LogP contribution is -2.45. The number of benzene rings is 2. The number of nitrogens with one attached hydrogen (secondary N) is 1. The maximum Gasteiger partial charge on any atom is 0.238 e. The van der Waals surface area contributed by atoms with Crippen molar-refractivity contribution < 1.29 is 19.0 Å². The number of rotatable bonds is 7. The molecule has 2 saturated heterocycles. The number of hydrogen-bond donors (Lipinski definition) is 1. The first-order valence-electron chi connectivity index (χ1n) is 11.7. The molecule has 2 heterocycles. The zero-order valence-corrected chi connectivity index (χ0v) is 20.0. The highest BCUT2D eigenvalue weighted by Crippen LogP contribution is 2.38. The van der Waals surface area contributed by atoms with Crippen molar-refractivity contribution in [2.45, 2.75) is 44.9 Å². The molecule has 1 N–H and O–H groups in total. The predicted molar refractivity (Wildman–Crippen MR) is 130 cm³/mol. The second kappa shape index (κ2) is 10.4. The molecule has 0 radical (unpaired) electrons. The van der Waals surface area contributed by atoms with Crippen molar-refractivity contribution in [3.8, 4) is 11.5 Å². The molecule has 178 valence electrons. The normalized spacial score (nSPS) is 23.4. The van der Waals surface area contributed by atoms with Gasteiger partial charge in [-0.15, -0.1) is 0 Å². The van der Waals surface area contributed by atoms with Crippen LogP contribution in [0.15, 0.2) is 42.5 Å². The molecule has 0 aromatic heterocycles. The summed E-state index contributed by atoms with van der Waals surface area (Å²) in [5.41, 5.74) is 3.04. The molecule has 2 aliphatic rings. The van der Waals surface area contributed by atoms with E-state index in [0.29, 0.717) is 6.54 Å². The molecule has 2 aliphatic heterocycles. The summed E-state index contributed by atoms with van der Waals surface area (Å²) in [5, 5.41) is 3.06. The molecule has 2 fully saturated rings. The van der Waals surface area contributed by atoms with Crippen LogP contribution in [-0.4, -0.2) is 63.4 Å². The lowest BCUT2D eigenvalue weighted by molar-refractivity contribution is -0.117. The zero-order valence-electron chi connectivity index (χ0n) is 20.0. The third-order valence-corrected chi connectivity index (χ3v) is 6.44. The van der Waals surface area contributed by atoms with E-state index in [2.05, 4.69) is 41.1 Å². The van der Waals surface area contributed by atoms with Gasteiger partial charge in [0.25, 0.3) is 0 Å². The number of carbonyl (C=O) groups excluding carboxylic acids is 1. The van der Waals surface area contributed by atoms with Crippen molar-refractivity contribution in [3.05, 3.63) is 48.0 Å². The van der Waals surface area contributed by atoms with Crippen LogP contribution < -0.4 is 19.7 Å². The maximum atomic E-state index is 12.9. The molecule has 7 nitrogen and oxygen atoms in total. The monoisotopic (exact) mass is 453 g/mol. The summed E-state index contributed by atoms with van der Waals surface area (Å²) in [7, 11) is 3.34. The van der Waals surface area contributed by atoms with Crippen molar-refractivity contribution in [1.29, 1.82) is 0 Å². The van der Waals surface area contributed by atoms with Gasteiger partial charge in [0.2, 0.25) is 5.91 Å². The number of methoxy groups -OCH3 is 2. The van der Waals surface area contributed by atoms with Gasteiger partial charge in [0.05, 0.1) is 33.0 Å². The zero-order chi connectivity index (χ0) is 23.4. The molecular formula is C26H35N3O4. The van der Waals surface area contributed by atoms with Crippen LogP contribution in [0.2, 0.25) is 0 Å². The average molecular weight is 454 g/mol. The number of morpholine rings is 1. The van der Waals surface area contributed by atoms with Gasteiger partial charge in [0.15, 0.2) is 0 Å². The van der Waals surface area contributed by atoms with Crippen molar-refractivity contribution >= 4 is 17.3 Å². The van der Waals surface area contributed by atoms with Crippen molar-refractivity contribution in [1.82, 2.24) is 4.90 Å². The van der Waals surface area contributed by atoms with Gasteiger partial charge in [-0.25, -0.2) is 0 Å². The minimum Gasteiger partial charge on any atom is -0.497 e. The molecule has 0 bridgehead atoms. The van der Waals surface area contributed by atoms with Gasteiger partial charge < -0.3 is 24.4 Å². The second-order valence-electron chi connectivity index (χ2n) is 8.99. The Morgan fingerprint density at radius 2 is 1.79 bits per heavy atom. The molecule has 33 heavy (non-hydrogen) atoms. The Kier molecular flexibility index (Phi) is 7.40. The number of likely N-dealkylation sites (tertiary alicyclic amines) is 1. The number of carbonyl (C=O) groups is 1. The smallest absolute Gasteiger partial charge is 0.238 e. The summed E-state index contributed by atoms with van der Waals surface area (Å²) in [6.45, 7) is 7.17. The second-order valence-corrected chi connectivity index (χ2v) is 8.99. The van der Waals surface area contributed by atoms with Crippen LogP contribution in [0.4, 0.5) is 11.4 Å². The van der Waals surface area contributed by atoms with E-state index in [0.717, 1.165) is 60.9 Å². The minimum absolute atomic E-state index is 0.00914. The Bertz CT molecular complexity index is 939. The van der Waals surface area contributed by atoms with Crippen molar-refractivity contribution in [2.75, 3.05) is 50.6 Å². The quantitative estimate of drug-likeness (QED) is 0.681. The maximum absolute atomic E-state index is 12.9. The number of hydrogen-bond acceptors (Lipinski definition) is 6. The van der Waals surface area contributed by atoms with E-state index >= 15 is 0 Å². The highest BCUT2D eigenvalue weighted by atomic mass is 16.5. The fraction of sp³-hybridized carbons (Fsp3) is 0.500. The molecule has 3 atom stereocenters. The average Bonchev–Trinajstić information content (AvgIpc) is 3.26. The molecule has 3 unspecified atom stereocenters. The summed E-state index contributed by atoms with van der Waals surface area (Å²) >= 11 is 0. The van der Waals surface area contributed by atoms with Crippen molar-refractivity contribution in [3.63, 3.8) is 0 Å². The predicted octanol–water partition coefficient (Wildman–Crippen LogP) is 4.09. The Labute approximate surface area is 196 Å². The molecule has 0 spiro atoms. The number of amides is 1. The van der Waals surface area contributed by atoms with E-state index in [-0.39, 0.29) is 24.2 Å². The molecule has 7 heteroatoms. The first-order valence-corrected chi connectivity index (χ1v) is 11.7. The van der Waals surface area contributed by atoms with Gasteiger partial charge in [0.1, 0.15) is 11.5 Å². The fourth-order valence-corrected chi connectivity index (χ4v) is 5.00. The highest BCUT2D eigenvalue weighted by molar-refractivity contribution is 5.92. The number of anilines is 2. The van der Waals surface area contributed by atoms with E-state index in [1.165, 1.54) is 0 Å². The van der Waals surface area contributed by atoms with E-state index in [1.807, 2.05) is 30.3 Å². The summed E-state index contributed by atoms with van der Waals surface area (Å²) in [4.78, 5) is 17.4. The van der Waals surface area contributed by atoms with Crippen LogP contribution >= 0.6 is 0 Å². The summed E-state index contributed by atoms with van der Waals surface area (Å²) < 4.78 is 16.8. The van der Waals surface area contributed by atoms with Gasteiger partial charge in [-0.2, -0.15) is 0 Å². The number of ether oxygens (including phenoxy) is 3. The molecular weight excluding hydrogens is 418 g/mol. The van der Waals surface area contributed by atoms with Gasteiger partial charge in [-0.1, -0.05) is 0 Å².